The molecule has 0 spiro atoms. The number of rotatable bonds is 85. The number of aliphatic hydroxyl groups is 1. The molecule has 0 radical (unpaired) electrons. The average molecular weight is 1520 g/mol. The summed E-state index contributed by atoms with van der Waals surface area (Å²) in [5, 5.41) is 10.7. The summed E-state index contributed by atoms with van der Waals surface area (Å²) in [5.74, 6) is -1.32. The monoisotopic (exact) mass is 1520 g/mol. The zero-order valence-electron chi connectivity index (χ0n) is 68.2. The van der Waals surface area contributed by atoms with Gasteiger partial charge in [-0.3, -0.25) is 37.3 Å². The van der Waals surface area contributed by atoms with Crippen molar-refractivity contribution in [3.63, 3.8) is 0 Å². The molecule has 5 atom stereocenters. The first-order chi connectivity index (χ1) is 50.5. The van der Waals surface area contributed by atoms with Gasteiger partial charge in [0.1, 0.15) is 19.3 Å². The molecule has 17 nitrogen and oxygen atoms in total. The summed E-state index contributed by atoms with van der Waals surface area (Å²) in [7, 11) is -9.92. The van der Waals surface area contributed by atoms with E-state index in [0.29, 0.717) is 25.7 Å². The Morgan fingerprint density at radius 3 is 0.654 bits per heavy atom. The second-order valence-corrected chi connectivity index (χ2v) is 34.0. The molecule has 3 N–H and O–H groups in total. The predicted molar refractivity (Wildman–Crippen MR) is 428 cm³/mol. The highest BCUT2D eigenvalue weighted by Gasteiger charge is 2.30. The maximum Gasteiger partial charge on any atom is 0.472 e. The number of aliphatic hydroxyl groups excluding tert-OH is 1. The van der Waals surface area contributed by atoms with Crippen LogP contribution in [0.25, 0.3) is 0 Å². The predicted octanol–water partition coefficient (Wildman–Crippen LogP) is 26.0. The van der Waals surface area contributed by atoms with Gasteiger partial charge in [0.2, 0.25) is 0 Å². The van der Waals surface area contributed by atoms with Gasteiger partial charge in [-0.1, -0.05) is 407 Å². The average Bonchev–Trinajstić information content (AvgIpc) is 0.903. The van der Waals surface area contributed by atoms with Crippen LogP contribution in [0.2, 0.25) is 0 Å². The minimum Gasteiger partial charge on any atom is -0.462 e. The van der Waals surface area contributed by atoms with Crippen LogP contribution < -0.4 is 0 Å². The van der Waals surface area contributed by atoms with Gasteiger partial charge in [0.15, 0.2) is 12.2 Å². The zero-order valence-corrected chi connectivity index (χ0v) is 70.0. The number of carbonyl (C=O) groups excluding carboxylic acids is 4. The molecule has 0 aromatic heterocycles. The van der Waals surface area contributed by atoms with Crippen LogP contribution in [0.5, 0.6) is 0 Å². The first-order valence-corrected chi connectivity index (χ1v) is 47.1. The molecular weight excluding hydrogens is 1350 g/mol. The quantitative estimate of drug-likeness (QED) is 0.0222. The van der Waals surface area contributed by atoms with Crippen molar-refractivity contribution in [1.82, 2.24) is 0 Å². The summed E-state index contributed by atoms with van der Waals surface area (Å²) < 4.78 is 68.9. The van der Waals surface area contributed by atoms with E-state index in [-0.39, 0.29) is 25.7 Å². The Hall–Kier alpha value is -1.94. The number of hydrogen-bond donors (Lipinski definition) is 3. The summed E-state index contributed by atoms with van der Waals surface area (Å²) in [6, 6.07) is 0. The summed E-state index contributed by atoms with van der Waals surface area (Å²) in [6.45, 7) is 7.36. The van der Waals surface area contributed by atoms with Gasteiger partial charge in [-0.25, -0.2) is 9.13 Å². The van der Waals surface area contributed by atoms with Gasteiger partial charge < -0.3 is 33.8 Å². The maximum atomic E-state index is 13.1. The largest absolute Gasteiger partial charge is 0.472 e. The summed E-state index contributed by atoms with van der Waals surface area (Å²) in [5.41, 5.74) is 0. The molecule has 0 aliphatic carbocycles. The highest BCUT2D eigenvalue weighted by atomic mass is 31.2. The van der Waals surface area contributed by atoms with E-state index < -0.39 is 97.5 Å². The lowest BCUT2D eigenvalue weighted by Crippen LogP contribution is -2.30. The molecular formula is C85H166O17P2. The van der Waals surface area contributed by atoms with Crippen molar-refractivity contribution in [1.29, 1.82) is 0 Å². The molecule has 0 bridgehead atoms. The van der Waals surface area contributed by atoms with Crippen LogP contribution in [0.3, 0.4) is 0 Å². The molecule has 2 unspecified atom stereocenters. The van der Waals surface area contributed by atoms with E-state index in [1.165, 1.54) is 283 Å². The van der Waals surface area contributed by atoms with E-state index in [9.17, 15) is 43.2 Å². The Labute approximate surface area is 638 Å². The first-order valence-electron chi connectivity index (χ1n) is 44.1. The maximum absolute atomic E-state index is 13.1. The minimum atomic E-state index is -4.96. The Morgan fingerprint density at radius 1 is 0.260 bits per heavy atom. The molecule has 618 valence electrons. The molecule has 0 aromatic rings. The Balaban J connectivity index is 5.22. The van der Waals surface area contributed by atoms with Crippen molar-refractivity contribution in [2.75, 3.05) is 39.6 Å². The van der Waals surface area contributed by atoms with Crippen LogP contribution in [0, 0.1) is 5.92 Å². The van der Waals surface area contributed by atoms with Crippen molar-refractivity contribution in [3.05, 3.63) is 0 Å². The normalized spacial score (nSPS) is 13.8. The molecule has 0 saturated heterocycles. The molecule has 0 heterocycles. The van der Waals surface area contributed by atoms with E-state index >= 15 is 0 Å². The summed E-state index contributed by atoms with van der Waals surface area (Å²) in [6.07, 6.45) is 70.8. The Kier molecular flexibility index (Phi) is 76.3. The SMILES string of the molecule is CCCCCCCCCCCCCCCCCCCCCCCCC(=O)O[C@H](COC(=O)CCCCCCCCCCCCCCCCCC)COP(=O)(O)OC[C@@H](O)COP(=O)(O)OC[C@@H](COC(=O)CCCCCCCCCCCCC)OC(=O)CCCCCCCCCCCCCCC(C)C. The van der Waals surface area contributed by atoms with Crippen molar-refractivity contribution in [3.8, 4) is 0 Å². The van der Waals surface area contributed by atoms with E-state index in [0.717, 1.165) is 95.8 Å². The number of carbonyl (C=O) groups is 4. The van der Waals surface area contributed by atoms with Crippen molar-refractivity contribution in [2.24, 2.45) is 5.92 Å². The fraction of sp³-hybridized carbons (Fsp3) is 0.953. The fourth-order valence-corrected chi connectivity index (χ4v) is 14.9. The van der Waals surface area contributed by atoms with E-state index in [4.69, 9.17) is 37.0 Å². The smallest absolute Gasteiger partial charge is 0.462 e. The molecule has 0 fully saturated rings. The number of unbranched alkanes of at least 4 members (excludes halogenated alkanes) is 57. The van der Waals surface area contributed by atoms with Gasteiger partial charge in [-0.2, -0.15) is 0 Å². The van der Waals surface area contributed by atoms with Gasteiger partial charge in [0.05, 0.1) is 26.4 Å². The van der Waals surface area contributed by atoms with Crippen LogP contribution in [0.1, 0.15) is 458 Å². The van der Waals surface area contributed by atoms with E-state index in [2.05, 4.69) is 34.6 Å². The summed E-state index contributed by atoms with van der Waals surface area (Å²) >= 11 is 0. The third-order valence-corrected chi connectivity index (χ3v) is 21.9. The standard InChI is InChI=1S/C85H166O17P2/c1-6-9-12-15-18-21-24-26-28-30-31-32-33-34-35-37-39-45-50-55-60-65-70-84(89)101-81(75-96-83(88)69-64-59-54-49-44-38-36-29-27-25-22-19-16-13-10-7-2)77-100-104(93,94)98-73-79(86)72-97-103(91,92)99-76-80(74-95-82(87)68-63-58-53-48-42-23-20-17-14-11-8-3)102-85(90)71-66-61-56-51-46-41-40-43-47-52-57-62-67-78(4)5/h78-81,86H,6-77H2,1-5H3,(H,91,92)(H,93,94)/t79-,80+,81+/m0/s1. The van der Waals surface area contributed by atoms with Crippen LogP contribution in [0.4, 0.5) is 0 Å². The van der Waals surface area contributed by atoms with Gasteiger partial charge in [0, 0.05) is 25.7 Å². The molecule has 0 saturated carbocycles. The van der Waals surface area contributed by atoms with Crippen LogP contribution >= 0.6 is 15.6 Å². The Morgan fingerprint density at radius 2 is 0.442 bits per heavy atom. The van der Waals surface area contributed by atoms with Crippen molar-refractivity contribution >= 4 is 39.5 Å². The van der Waals surface area contributed by atoms with Gasteiger partial charge in [-0.05, 0) is 31.6 Å². The zero-order chi connectivity index (χ0) is 76.2. The van der Waals surface area contributed by atoms with Crippen molar-refractivity contribution < 1.29 is 80.2 Å². The topological polar surface area (TPSA) is 237 Å². The van der Waals surface area contributed by atoms with E-state index in [1.54, 1.807) is 0 Å². The third-order valence-electron chi connectivity index (χ3n) is 20.0. The van der Waals surface area contributed by atoms with E-state index in [1.807, 2.05) is 0 Å². The number of phosphoric acid groups is 2. The molecule has 0 aliphatic rings. The number of esters is 4. The highest BCUT2D eigenvalue weighted by molar-refractivity contribution is 7.47. The molecule has 0 amide bonds. The highest BCUT2D eigenvalue weighted by Crippen LogP contribution is 2.45. The molecule has 0 rings (SSSR count). The third kappa shape index (κ3) is 78.2. The number of ether oxygens (including phenoxy) is 4. The van der Waals surface area contributed by atoms with Crippen LogP contribution in [0.15, 0.2) is 0 Å². The fourth-order valence-electron chi connectivity index (χ4n) is 13.3. The van der Waals surface area contributed by atoms with Gasteiger partial charge in [0.25, 0.3) is 0 Å². The first kappa shape index (κ1) is 102. The van der Waals surface area contributed by atoms with Crippen LogP contribution in [-0.2, 0) is 65.4 Å². The second kappa shape index (κ2) is 77.8. The molecule has 0 aromatic carbocycles. The summed E-state index contributed by atoms with van der Waals surface area (Å²) in [4.78, 5) is 73.2. The van der Waals surface area contributed by atoms with Gasteiger partial charge >= 0.3 is 39.5 Å². The number of phosphoric ester groups is 2. The minimum absolute atomic E-state index is 0.108. The van der Waals surface area contributed by atoms with Gasteiger partial charge in [-0.15, -0.1) is 0 Å². The lowest BCUT2D eigenvalue weighted by Gasteiger charge is -2.21. The second-order valence-electron chi connectivity index (χ2n) is 31.1. The Bertz CT molecular complexity index is 1980. The van der Waals surface area contributed by atoms with Crippen molar-refractivity contribution in [2.45, 2.75) is 477 Å². The lowest BCUT2D eigenvalue weighted by molar-refractivity contribution is -0.161. The molecule has 104 heavy (non-hydrogen) atoms. The van der Waals surface area contributed by atoms with Crippen LogP contribution in [-0.4, -0.2) is 96.7 Å². The number of hydrogen-bond acceptors (Lipinski definition) is 15. The molecule has 0 aliphatic heterocycles. The molecule has 19 heteroatoms. The lowest BCUT2D eigenvalue weighted by atomic mass is 10.0.